The van der Waals surface area contributed by atoms with Crippen LogP contribution >= 0.6 is 11.3 Å². The van der Waals surface area contributed by atoms with Gasteiger partial charge in [0.25, 0.3) is 0 Å². The lowest BCUT2D eigenvalue weighted by Gasteiger charge is -2.32. The molecule has 1 fully saturated rings. The van der Waals surface area contributed by atoms with Gasteiger partial charge in [-0.2, -0.15) is 0 Å². The molecule has 0 bridgehead atoms. The van der Waals surface area contributed by atoms with Crippen molar-refractivity contribution in [1.82, 2.24) is 10.2 Å². The number of nitrogens with zero attached hydrogens (tertiary/aromatic N) is 1. The minimum atomic E-state index is 0.943. The summed E-state index contributed by atoms with van der Waals surface area (Å²) in [7, 11) is 0. The maximum absolute atomic E-state index is 3.58. The molecule has 1 N–H and O–H groups in total. The van der Waals surface area contributed by atoms with E-state index in [1.165, 1.54) is 49.3 Å². The molecule has 2 heterocycles. The summed E-state index contributed by atoms with van der Waals surface area (Å²) >= 11 is 1.86. The maximum Gasteiger partial charge on any atom is 0.0302 e. The number of hydrogen-bond acceptors (Lipinski definition) is 3. The molecule has 1 aromatic heterocycles. The fourth-order valence-corrected chi connectivity index (χ4v) is 3.59. The predicted octanol–water partition coefficient (Wildman–Crippen LogP) is 3.27. The summed E-state index contributed by atoms with van der Waals surface area (Å²) in [6.07, 6.45) is 4.18. The van der Waals surface area contributed by atoms with Crippen LogP contribution in [0.2, 0.25) is 0 Å². The van der Waals surface area contributed by atoms with Crippen molar-refractivity contribution in [3.05, 3.63) is 21.9 Å². The molecule has 1 atom stereocenters. The zero-order valence-corrected chi connectivity index (χ0v) is 12.6. The number of piperidine rings is 1. The highest BCUT2D eigenvalue weighted by molar-refractivity contribution is 7.10. The first-order valence-electron chi connectivity index (χ1n) is 7.25. The van der Waals surface area contributed by atoms with Crippen LogP contribution in [0.5, 0.6) is 0 Å². The van der Waals surface area contributed by atoms with Crippen LogP contribution in [0.3, 0.4) is 0 Å². The number of nitrogens with one attached hydrogen (secondary N) is 1. The molecule has 0 radical (unpaired) electrons. The van der Waals surface area contributed by atoms with Crippen molar-refractivity contribution in [1.29, 1.82) is 0 Å². The van der Waals surface area contributed by atoms with E-state index >= 15 is 0 Å². The quantitative estimate of drug-likeness (QED) is 0.795. The van der Waals surface area contributed by atoms with Gasteiger partial charge < -0.3 is 10.2 Å². The highest BCUT2D eigenvalue weighted by Crippen LogP contribution is 2.18. The summed E-state index contributed by atoms with van der Waals surface area (Å²) in [6, 6.07) is 2.21. The number of rotatable bonds is 6. The molecule has 0 aliphatic carbocycles. The van der Waals surface area contributed by atoms with Gasteiger partial charge in [0.05, 0.1) is 0 Å². The van der Waals surface area contributed by atoms with Crippen molar-refractivity contribution in [3.8, 4) is 0 Å². The molecule has 0 amide bonds. The lowest BCUT2D eigenvalue weighted by Crippen LogP contribution is -2.39. The first-order chi connectivity index (χ1) is 8.79. The molecule has 2 nitrogen and oxygen atoms in total. The molecule has 3 heteroatoms. The molecule has 102 valence electrons. The summed E-state index contributed by atoms with van der Waals surface area (Å²) in [5.41, 5.74) is 1.43. The Morgan fingerprint density at radius 1 is 1.50 bits per heavy atom. The van der Waals surface area contributed by atoms with E-state index < -0.39 is 0 Å². The lowest BCUT2D eigenvalue weighted by atomic mass is 9.96. The number of likely N-dealkylation sites (tertiary alicyclic amines) is 1. The topological polar surface area (TPSA) is 15.3 Å². The minimum Gasteiger partial charge on any atom is -0.311 e. The first kappa shape index (κ1) is 14.0. The smallest absolute Gasteiger partial charge is 0.0302 e. The van der Waals surface area contributed by atoms with Crippen LogP contribution in [0.25, 0.3) is 0 Å². The van der Waals surface area contributed by atoms with Gasteiger partial charge in [-0.3, -0.25) is 0 Å². The Morgan fingerprint density at radius 2 is 2.39 bits per heavy atom. The Kier molecular flexibility index (Phi) is 5.67. The Hall–Kier alpha value is -0.380. The van der Waals surface area contributed by atoms with E-state index in [1.807, 2.05) is 11.3 Å². The summed E-state index contributed by atoms with van der Waals surface area (Å²) in [5.74, 6) is 0.943. The second kappa shape index (κ2) is 7.27. The third-order valence-corrected chi connectivity index (χ3v) is 5.06. The van der Waals surface area contributed by atoms with Crippen LogP contribution in [0.4, 0.5) is 0 Å². The van der Waals surface area contributed by atoms with Gasteiger partial charge in [-0.15, -0.1) is 11.3 Å². The molecule has 0 saturated carbocycles. The molecule has 2 rings (SSSR count). The van der Waals surface area contributed by atoms with Crippen molar-refractivity contribution >= 4 is 11.3 Å². The van der Waals surface area contributed by atoms with E-state index in [1.54, 1.807) is 0 Å². The minimum absolute atomic E-state index is 0.943. The Morgan fingerprint density at radius 3 is 3.11 bits per heavy atom. The normalized spacial score (nSPS) is 21.3. The van der Waals surface area contributed by atoms with Crippen molar-refractivity contribution in [2.45, 2.75) is 39.7 Å². The van der Waals surface area contributed by atoms with Crippen LogP contribution in [0, 0.1) is 12.8 Å². The van der Waals surface area contributed by atoms with E-state index in [-0.39, 0.29) is 0 Å². The number of hydrogen-bond donors (Lipinski definition) is 1. The molecule has 1 aliphatic rings. The van der Waals surface area contributed by atoms with Gasteiger partial charge in [0.15, 0.2) is 0 Å². The highest BCUT2D eigenvalue weighted by Gasteiger charge is 2.17. The van der Waals surface area contributed by atoms with E-state index in [2.05, 4.69) is 35.5 Å². The monoisotopic (exact) mass is 266 g/mol. The molecular weight excluding hydrogens is 240 g/mol. The van der Waals surface area contributed by atoms with Crippen LogP contribution in [-0.4, -0.2) is 31.1 Å². The van der Waals surface area contributed by atoms with Crippen molar-refractivity contribution in [2.24, 2.45) is 5.92 Å². The SMILES string of the molecule is CCC1CCCN(CCNCc2sccc2C)C1. The van der Waals surface area contributed by atoms with Crippen molar-refractivity contribution < 1.29 is 0 Å². The third kappa shape index (κ3) is 4.08. The molecule has 1 aliphatic heterocycles. The molecule has 0 spiro atoms. The van der Waals surface area contributed by atoms with Gasteiger partial charge in [-0.1, -0.05) is 13.3 Å². The van der Waals surface area contributed by atoms with Gasteiger partial charge in [0.2, 0.25) is 0 Å². The molecule has 1 aromatic rings. The second-order valence-corrected chi connectivity index (χ2v) is 6.42. The molecule has 18 heavy (non-hydrogen) atoms. The average Bonchev–Trinajstić information content (AvgIpc) is 2.81. The van der Waals surface area contributed by atoms with Gasteiger partial charge in [-0.05, 0) is 49.2 Å². The lowest BCUT2D eigenvalue weighted by molar-refractivity contribution is 0.172. The van der Waals surface area contributed by atoms with Crippen molar-refractivity contribution in [3.63, 3.8) is 0 Å². The van der Waals surface area contributed by atoms with Crippen LogP contribution in [0.1, 0.15) is 36.6 Å². The Bertz CT molecular complexity index is 348. The van der Waals surface area contributed by atoms with E-state index in [0.717, 1.165) is 19.0 Å². The van der Waals surface area contributed by atoms with E-state index in [4.69, 9.17) is 0 Å². The van der Waals surface area contributed by atoms with E-state index in [0.29, 0.717) is 0 Å². The zero-order valence-electron chi connectivity index (χ0n) is 11.7. The number of aryl methyl sites for hydroxylation is 1. The van der Waals surface area contributed by atoms with Gasteiger partial charge >= 0.3 is 0 Å². The average molecular weight is 266 g/mol. The third-order valence-electron chi connectivity index (χ3n) is 4.04. The largest absolute Gasteiger partial charge is 0.311 e. The van der Waals surface area contributed by atoms with Gasteiger partial charge in [-0.25, -0.2) is 0 Å². The van der Waals surface area contributed by atoms with Crippen LogP contribution < -0.4 is 5.32 Å². The zero-order chi connectivity index (χ0) is 12.8. The van der Waals surface area contributed by atoms with Crippen molar-refractivity contribution in [2.75, 3.05) is 26.2 Å². The fourth-order valence-electron chi connectivity index (χ4n) is 2.71. The summed E-state index contributed by atoms with van der Waals surface area (Å²) < 4.78 is 0. The maximum atomic E-state index is 3.58. The number of thiophene rings is 1. The Labute approximate surface area is 115 Å². The second-order valence-electron chi connectivity index (χ2n) is 5.42. The molecule has 1 saturated heterocycles. The van der Waals surface area contributed by atoms with Gasteiger partial charge in [0, 0.05) is 31.1 Å². The Balaban J connectivity index is 1.62. The highest BCUT2D eigenvalue weighted by atomic mass is 32.1. The van der Waals surface area contributed by atoms with Crippen LogP contribution in [-0.2, 0) is 6.54 Å². The summed E-state index contributed by atoms with van der Waals surface area (Å²) in [4.78, 5) is 4.12. The summed E-state index contributed by atoms with van der Waals surface area (Å²) in [6.45, 7) is 10.5. The molecule has 0 aromatic carbocycles. The fraction of sp³-hybridized carbons (Fsp3) is 0.733. The molecular formula is C15H26N2S. The first-order valence-corrected chi connectivity index (χ1v) is 8.13. The summed E-state index contributed by atoms with van der Waals surface area (Å²) in [5, 5.41) is 5.76. The van der Waals surface area contributed by atoms with E-state index in [9.17, 15) is 0 Å². The predicted molar refractivity (Wildman–Crippen MR) is 80.2 cm³/mol. The standard InChI is InChI=1S/C15H26N2S/c1-3-14-5-4-8-17(12-14)9-7-16-11-15-13(2)6-10-18-15/h6,10,14,16H,3-5,7-9,11-12H2,1-2H3. The van der Waals surface area contributed by atoms with Gasteiger partial charge in [0.1, 0.15) is 0 Å². The molecule has 1 unspecified atom stereocenters. The van der Waals surface area contributed by atoms with Crippen LogP contribution in [0.15, 0.2) is 11.4 Å².